The summed E-state index contributed by atoms with van der Waals surface area (Å²) in [6.07, 6.45) is 7.89. The number of nitrogens with one attached hydrogen (secondary N) is 1. The van der Waals surface area contributed by atoms with E-state index in [1.54, 1.807) is 0 Å². The summed E-state index contributed by atoms with van der Waals surface area (Å²) in [6.45, 7) is 7.70. The van der Waals surface area contributed by atoms with Crippen LogP contribution in [0.15, 0.2) is 18.2 Å². The molecule has 0 fully saturated rings. The quantitative estimate of drug-likeness (QED) is 0.735. The van der Waals surface area contributed by atoms with Gasteiger partial charge in [-0.1, -0.05) is 43.7 Å². The molecular formula is C16H25N. The molecule has 1 rings (SSSR count). The van der Waals surface area contributed by atoms with Gasteiger partial charge in [0.05, 0.1) is 0 Å². The first-order chi connectivity index (χ1) is 8.22. The van der Waals surface area contributed by atoms with E-state index in [2.05, 4.69) is 50.4 Å². The van der Waals surface area contributed by atoms with Crippen LogP contribution in [0.1, 0.15) is 42.5 Å². The third-order valence-corrected chi connectivity index (χ3v) is 3.10. The highest BCUT2D eigenvalue weighted by Gasteiger charge is 2.04. The molecule has 17 heavy (non-hydrogen) atoms. The van der Waals surface area contributed by atoms with Crippen LogP contribution in [0.2, 0.25) is 0 Å². The molecule has 0 atom stereocenters. The zero-order valence-electron chi connectivity index (χ0n) is 11.6. The van der Waals surface area contributed by atoms with Gasteiger partial charge in [0.15, 0.2) is 0 Å². The van der Waals surface area contributed by atoms with E-state index in [1.807, 2.05) is 7.05 Å². The fourth-order valence-corrected chi connectivity index (χ4v) is 2.18. The van der Waals surface area contributed by atoms with Crippen LogP contribution in [0.3, 0.4) is 0 Å². The third-order valence-electron chi connectivity index (χ3n) is 3.10. The molecule has 0 unspecified atom stereocenters. The Hall–Kier alpha value is -1.08. The van der Waals surface area contributed by atoms with Crippen molar-refractivity contribution in [1.82, 2.24) is 5.32 Å². The highest BCUT2D eigenvalue weighted by molar-refractivity contribution is 5.59. The SMILES string of the molecule is CCc1cc(C)cc(CC)c1C=CCCNC. The highest BCUT2D eigenvalue weighted by atomic mass is 14.8. The number of aryl methyl sites for hydroxylation is 3. The second kappa shape index (κ2) is 7.29. The Bertz CT molecular complexity index is 352. The van der Waals surface area contributed by atoms with E-state index in [-0.39, 0.29) is 0 Å². The molecule has 0 spiro atoms. The van der Waals surface area contributed by atoms with Gasteiger partial charge in [-0.25, -0.2) is 0 Å². The number of hydrogen-bond acceptors (Lipinski definition) is 1. The first-order valence-electron chi connectivity index (χ1n) is 6.66. The molecule has 0 saturated carbocycles. The molecule has 1 aromatic carbocycles. The predicted molar refractivity (Wildman–Crippen MR) is 77.5 cm³/mol. The van der Waals surface area contributed by atoms with E-state index >= 15 is 0 Å². The van der Waals surface area contributed by atoms with Gasteiger partial charge < -0.3 is 5.32 Å². The largest absolute Gasteiger partial charge is 0.319 e. The Kier molecular flexibility index (Phi) is 5.99. The molecule has 0 aliphatic carbocycles. The lowest BCUT2D eigenvalue weighted by Gasteiger charge is -2.11. The standard InChI is InChI=1S/C16H25N/c1-5-14-11-13(3)12-15(6-2)16(14)9-7-8-10-17-4/h7,9,11-12,17H,5-6,8,10H2,1-4H3. The average molecular weight is 231 g/mol. The summed E-state index contributed by atoms with van der Waals surface area (Å²) in [7, 11) is 1.99. The van der Waals surface area contributed by atoms with Crippen molar-refractivity contribution in [3.8, 4) is 0 Å². The van der Waals surface area contributed by atoms with Crippen LogP contribution in [0.25, 0.3) is 6.08 Å². The summed E-state index contributed by atoms with van der Waals surface area (Å²) in [4.78, 5) is 0. The van der Waals surface area contributed by atoms with Gasteiger partial charge in [-0.15, -0.1) is 0 Å². The molecule has 0 aromatic heterocycles. The summed E-state index contributed by atoms with van der Waals surface area (Å²) in [5.74, 6) is 0. The van der Waals surface area contributed by atoms with Gasteiger partial charge >= 0.3 is 0 Å². The van der Waals surface area contributed by atoms with Gasteiger partial charge in [0, 0.05) is 0 Å². The Morgan fingerprint density at radius 2 is 1.71 bits per heavy atom. The maximum atomic E-state index is 3.17. The van der Waals surface area contributed by atoms with Crippen molar-refractivity contribution >= 4 is 6.08 Å². The van der Waals surface area contributed by atoms with Crippen molar-refractivity contribution in [1.29, 1.82) is 0 Å². The molecule has 1 aromatic rings. The molecule has 1 N–H and O–H groups in total. The summed E-state index contributed by atoms with van der Waals surface area (Å²) >= 11 is 0. The molecule has 0 bridgehead atoms. The van der Waals surface area contributed by atoms with Crippen LogP contribution in [-0.2, 0) is 12.8 Å². The topological polar surface area (TPSA) is 12.0 Å². The Labute approximate surface area is 106 Å². The molecule has 0 amide bonds. The van der Waals surface area contributed by atoms with E-state index in [4.69, 9.17) is 0 Å². The van der Waals surface area contributed by atoms with Crippen molar-refractivity contribution in [2.75, 3.05) is 13.6 Å². The van der Waals surface area contributed by atoms with Crippen molar-refractivity contribution in [3.05, 3.63) is 40.5 Å². The van der Waals surface area contributed by atoms with Gasteiger partial charge in [-0.05, 0) is 56.5 Å². The molecule has 0 heterocycles. The summed E-state index contributed by atoms with van der Waals surface area (Å²) < 4.78 is 0. The van der Waals surface area contributed by atoms with Crippen LogP contribution in [0, 0.1) is 6.92 Å². The fraction of sp³-hybridized carbons (Fsp3) is 0.500. The van der Waals surface area contributed by atoms with E-state index in [9.17, 15) is 0 Å². The van der Waals surface area contributed by atoms with Gasteiger partial charge in [0.25, 0.3) is 0 Å². The van der Waals surface area contributed by atoms with Gasteiger partial charge in [-0.2, -0.15) is 0 Å². The summed E-state index contributed by atoms with van der Waals surface area (Å²) in [6, 6.07) is 4.63. The molecule has 0 aliphatic heterocycles. The highest BCUT2D eigenvalue weighted by Crippen LogP contribution is 2.20. The van der Waals surface area contributed by atoms with Crippen LogP contribution in [0.5, 0.6) is 0 Å². The second-order valence-corrected chi connectivity index (χ2v) is 4.50. The minimum atomic E-state index is 1.05. The monoisotopic (exact) mass is 231 g/mol. The molecule has 0 radical (unpaired) electrons. The smallest absolute Gasteiger partial charge is 0.00172 e. The minimum Gasteiger partial charge on any atom is -0.319 e. The number of benzene rings is 1. The third kappa shape index (κ3) is 4.01. The average Bonchev–Trinajstić information content (AvgIpc) is 2.35. The Morgan fingerprint density at radius 3 is 2.18 bits per heavy atom. The summed E-state index contributed by atoms with van der Waals surface area (Å²) in [5, 5.41) is 3.17. The zero-order valence-corrected chi connectivity index (χ0v) is 11.6. The maximum Gasteiger partial charge on any atom is -0.00172 e. The maximum absolute atomic E-state index is 3.17. The van der Waals surface area contributed by atoms with E-state index < -0.39 is 0 Å². The molecule has 0 aliphatic rings. The van der Waals surface area contributed by atoms with Crippen LogP contribution < -0.4 is 5.32 Å². The van der Waals surface area contributed by atoms with Crippen LogP contribution in [0.4, 0.5) is 0 Å². The Balaban J connectivity index is 2.98. The molecular weight excluding hydrogens is 206 g/mol. The van der Waals surface area contributed by atoms with E-state index in [0.717, 1.165) is 25.8 Å². The van der Waals surface area contributed by atoms with Gasteiger partial charge in [-0.3, -0.25) is 0 Å². The first-order valence-corrected chi connectivity index (χ1v) is 6.66. The van der Waals surface area contributed by atoms with Crippen LogP contribution in [-0.4, -0.2) is 13.6 Å². The molecule has 1 heteroatoms. The lowest BCUT2D eigenvalue weighted by molar-refractivity contribution is 0.809. The summed E-state index contributed by atoms with van der Waals surface area (Å²) in [5.41, 5.74) is 5.77. The van der Waals surface area contributed by atoms with Crippen molar-refractivity contribution in [3.63, 3.8) is 0 Å². The minimum absolute atomic E-state index is 1.05. The number of rotatable bonds is 6. The van der Waals surface area contributed by atoms with Gasteiger partial charge in [0.2, 0.25) is 0 Å². The first kappa shape index (κ1) is 14.0. The normalized spacial score (nSPS) is 11.3. The van der Waals surface area contributed by atoms with Crippen molar-refractivity contribution in [2.45, 2.75) is 40.0 Å². The molecule has 94 valence electrons. The van der Waals surface area contributed by atoms with Crippen molar-refractivity contribution < 1.29 is 0 Å². The van der Waals surface area contributed by atoms with Crippen molar-refractivity contribution in [2.24, 2.45) is 0 Å². The van der Waals surface area contributed by atoms with E-state index in [1.165, 1.54) is 22.3 Å². The fourth-order valence-electron chi connectivity index (χ4n) is 2.18. The molecule has 1 nitrogen and oxygen atoms in total. The predicted octanol–water partition coefficient (Wildman–Crippen LogP) is 3.74. The molecule has 0 saturated heterocycles. The lowest BCUT2D eigenvalue weighted by Crippen LogP contribution is -2.05. The Morgan fingerprint density at radius 1 is 1.12 bits per heavy atom. The van der Waals surface area contributed by atoms with Crippen LogP contribution >= 0.6 is 0 Å². The second-order valence-electron chi connectivity index (χ2n) is 4.50. The lowest BCUT2D eigenvalue weighted by atomic mass is 9.94. The zero-order chi connectivity index (χ0) is 12.7. The van der Waals surface area contributed by atoms with Gasteiger partial charge in [0.1, 0.15) is 0 Å². The van der Waals surface area contributed by atoms with E-state index in [0.29, 0.717) is 0 Å². The number of hydrogen-bond donors (Lipinski definition) is 1.